The fraction of sp³-hybridized carbons (Fsp3) is 0.348. The van der Waals surface area contributed by atoms with Crippen molar-refractivity contribution in [1.82, 2.24) is 4.90 Å². The Morgan fingerprint density at radius 1 is 1.10 bits per heavy atom. The Morgan fingerprint density at radius 2 is 1.83 bits per heavy atom. The molecule has 2 atom stereocenters. The number of ether oxygens (including phenoxy) is 4. The molecule has 7 nitrogen and oxygen atoms in total. The summed E-state index contributed by atoms with van der Waals surface area (Å²) in [5.74, 6) is 1.43. The van der Waals surface area contributed by atoms with Gasteiger partial charge in [0, 0.05) is 26.4 Å². The van der Waals surface area contributed by atoms with Crippen LogP contribution in [0.3, 0.4) is 0 Å². The van der Waals surface area contributed by atoms with Crippen LogP contribution >= 0.6 is 0 Å². The molecule has 4 rings (SSSR count). The number of amides is 1. The fourth-order valence-electron chi connectivity index (χ4n) is 3.44. The van der Waals surface area contributed by atoms with E-state index in [4.69, 9.17) is 18.9 Å². The Balaban J connectivity index is 1.52. The smallest absolute Gasteiger partial charge is 0.288 e. The van der Waals surface area contributed by atoms with Crippen molar-refractivity contribution in [2.75, 3.05) is 20.9 Å². The van der Waals surface area contributed by atoms with Gasteiger partial charge in [-0.25, -0.2) is 0 Å². The van der Waals surface area contributed by atoms with E-state index in [0.717, 1.165) is 22.4 Å². The van der Waals surface area contributed by atoms with E-state index in [1.54, 1.807) is 14.1 Å². The molecule has 0 saturated carbocycles. The minimum atomic E-state index is -0.568. The number of carbonyl (C=O) groups excluding carboxylic acids is 1. The second-order valence-electron chi connectivity index (χ2n) is 7.52. The van der Waals surface area contributed by atoms with Crippen LogP contribution in [0.25, 0.3) is 0 Å². The molecule has 0 radical (unpaired) electrons. The van der Waals surface area contributed by atoms with E-state index in [1.807, 2.05) is 48.5 Å². The van der Waals surface area contributed by atoms with Crippen LogP contribution in [-0.2, 0) is 27.5 Å². The topological polar surface area (TPSA) is 77.5 Å². The van der Waals surface area contributed by atoms with Crippen molar-refractivity contribution in [3.63, 3.8) is 0 Å². The van der Waals surface area contributed by atoms with Gasteiger partial charge < -0.3 is 29.0 Å². The molecule has 0 bridgehead atoms. The van der Waals surface area contributed by atoms with Gasteiger partial charge in [-0.1, -0.05) is 30.3 Å². The summed E-state index contributed by atoms with van der Waals surface area (Å²) in [7, 11) is 3.38. The number of carbonyl (C=O) groups is 1. The highest BCUT2D eigenvalue weighted by Crippen LogP contribution is 2.38. The lowest BCUT2D eigenvalue weighted by atomic mass is 9.92. The summed E-state index contributed by atoms with van der Waals surface area (Å²) in [5.41, 5.74) is 2.82. The van der Waals surface area contributed by atoms with Crippen molar-refractivity contribution in [1.29, 1.82) is 0 Å². The van der Waals surface area contributed by atoms with Crippen LogP contribution in [0.5, 0.6) is 11.5 Å². The number of hydrogen-bond acceptors (Lipinski definition) is 6. The first-order chi connectivity index (χ1) is 14.5. The van der Waals surface area contributed by atoms with Crippen LogP contribution in [0.1, 0.15) is 29.0 Å². The summed E-state index contributed by atoms with van der Waals surface area (Å²) < 4.78 is 22.8. The normalized spacial score (nSPS) is 19.8. The van der Waals surface area contributed by atoms with Crippen LogP contribution in [-0.4, -0.2) is 43.1 Å². The number of aliphatic hydroxyl groups excluding tert-OH is 1. The van der Waals surface area contributed by atoms with Gasteiger partial charge in [-0.15, -0.1) is 0 Å². The number of hydrogen-bond donors (Lipinski definition) is 1. The molecule has 2 heterocycles. The number of rotatable bonds is 6. The van der Waals surface area contributed by atoms with Gasteiger partial charge in [-0.3, -0.25) is 4.79 Å². The van der Waals surface area contributed by atoms with E-state index >= 15 is 0 Å². The van der Waals surface area contributed by atoms with E-state index < -0.39 is 6.29 Å². The molecule has 1 amide bonds. The van der Waals surface area contributed by atoms with Crippen LogP contribution in [0.4, 0.5) is 0 Å². The zero-order valence-electron chi connectivity index (χ0n) is 17.0. The summed E-state index contributed by atoms with van der Waals surface area (Å²) in [6, 6.07) is 13.3. The Labute approximate surface area is 175 Å². The molecule has 0 aromatic heterocycles. The fourth-order valence-corrected chi connectivity index (χ4v) is 3.44. The van der Waals surface area contributed by atoms with Gasteiger partial charge in [0.25, 0.3) is 5.91 Å². The summed E-state index contributed by atoms with van der Waals surface area (Å²) >= 11 is 0. The molecule has 0 fully saturated rings. The second-order valence-corrected chi connectivity index (χ2v) is 7.52. The predicted molar refractivity (Wildman–Crippen MR) is 109 cm³/mol. The van der Waals surface area contributed by atoms with E-state index in [9.17, 15) is 9.90 Å². The standard InChI is InChI=1S/C23H25NO6/c1-24(2)23(26)21-10-18(17-7-8-19-20(9-17)29-14-28-19)11-22(30-21)27-13-16-5-3-15(12-25)4-6-16/h3-10,18,22,25H,11-14H2,1-2H3/t18-,22+/m1/s1. The van der Waals surface area contributed by atoms with Crippen molar-refractivity contribution in [2.24, 2.45) is 0 Å². The molecule has 2 aliphatic heterocycles. The summed E-state index contributed by atoms with van der Waals surface area (Å²) in [6.45, 7) is 0.562. The average molecular weight is 411 g/mol. The number of aliphatic hydroxyl groups is 1. The van der Waals surface area contributed by atoms with Gasteiger partial charge in [0.15, 0.2) is 17.3 Å². The van der Waals surface area contributed by atoms with Gasteiger partial charge in [-0.2, -0.15) is 0 Å². The largest absolute Gasteiger partial charge is 0.459 e. The number of fused-ring (bicyclic) bond motifs is 1. The molecule has 0 aliphatic carbocycles. The highest BCUT2D eigenvalue weighted by atomic mass is 16.7. The van der Waals surface area contributed by atoms with Gasteiger partial charge in [0.1, 0.15) is 0 Å². The minimum absolute atomic E-state index is 0.00485. The Hall–Kier alpha value is -3.03. The molecule has 30 heavy (non-hydrogen) atoms. The SMILES string of the molecule is CN(C)C(=O)C1=C[C@@H](c2ccc3c(c2)OCO3)C[C@@H](OCc2ccc(CO)cc2)O1. The third kappa shape index (κ3) is 4.42. The number of likely N-dealkylation sites (N-methyl/N-ethyl adjacent to an activating group) is 1. The third-order valence-corrected chi connectivity index (χ3v) is 5.14. The zero-order valence-corrected chi connectivity index (χ0v) is 17.0. The molecule has 0 saturated heterocycles. The van der Waals surface area contributed by atoms with Crippen molar-refractivity contribution >= 4 is 5.91 Å². The monoisotopic (exact) mass is 411 g/mol. The molecule has 1 N–H and O–H groups in total. The lowest BCUT2D eigenvalue weighted by Gasteiger charge is -2.30. The van der Waals surface area contributed by atoms with Crippen molar-refractivity contribution in [3.05, 3.63) is 71.0 Å². The summed E-state index contributed by atoms with van der Waals surface area (Å²) in [5, 5.41) is 9.17. The second kappa shape index (κ2) is 8.77. The van der Waals surface area contributed by atoms with Crippen LogP contribution in [0.15, 0.2) is 54.3 Å². The van der Waals surface area contributed by atoms with Gasteiger partial charge in [0.2, 0.25) is 13.1 Å². The lowest BCUT2D eigenvalue weighted by molar-refractivity contribution is -0.154. The van der Waals surface area contributed by atoms with E-state index in [0.29, 0.717) is 18.8 Å². The third-order valence-electron chi connectivity index (χ3n) is 5.14. The summed E-state index contributed by atoms with van der Waals surface area (Å²) in [6.07, 6.45) is 1.84. The van der Waals surface area contributed by atoms with Crippen molar-refractivity contribution in [2.45, 2.75) is 31.8 Å². The maximum atomic E-state index is 12.6. The molecule has 2 aromatic rings. The molecule has 0 spiro atoms. The van der Waals surface area contributed by atoms with Gasteiger partial charge in [0.05, 0.1) is 13.2 Å². The van der Waals surface area contributed by atoms with E-state index in [-0.39, 0.29) is 31.0 Å². The molecular formula is C23H25NO6. The minimum Gasteiger partial charge on any atom is -0.459 e. The first kappa shape index (κ1) is 20.3. The summed E-state index contributed by atoms with van der Waals surface area (Å²) in [4.78, 5) is 14.0. The van der Waals surface area contributed by atoms with Crippen LogP contribution in [0.2, 0.25) is 0 Å². The number of benzene rings is 2. The van der Waals surface area contributed by atoms with Crippen molar-refractivity contribution in [3.8, 4) is 11.5 Å². The lowest BCUT2D eigenvalue weighted by Crippen LogP contribution is -2.32. The van der Waals surface area contributed by atoms with Crippen LogP contribution in [0, 0.1) is 0 Å². The first-order valence-electron chi connectivity index (χ1n) is 9.83. The van der Waals surface area contributed by atoms with E-state index in [2.05, 4.69) is 0 Å². The highest BCUT2D eigenvalue weighted by Gasteiger charge is 2.30. The number of nitrogens with zero attached hydrogens (tertiary/aromatic N) is 1. The Morgan fingerprint density at radius 3 is 2.57 bits per heavy atom. The quantitative estimate of drug-likeness (QED) is 0.788. The molecule has 2 aliphatic rings. The zero-order chi connectivity index (χ0) is 21.1. The molecule has 0 unspecified atom stereocenters. The molecule has 2 aromatic carbocycles. The maximum absolute atomic E-state index is 12.6. The average Bonchev–Trinajstić information content (AvgIpc) is 3.25. The number of allylic oxidation sites excluding steroid dienone is 1. The Bertz CT molecular complexity index is 937. The van der Waals surface area contributed by atoms with Gasteiger partial charge in [-0.05, 0) is 34.9 Å². The molecule has 158 valence electrons. The first-order valence-corrected chi connectivity index (χ1v) is 9.83. The maximum Gasteiger partial charge on any atom is 0.288 e. The van der Waals surface area contributed by atoms with E-state index in [1.165, 1.54) is 4.90 Å². The Kier molecular flexibility index (Phi) is 5.92. The van der Waals surface area contributed by atoms with Crippen molar-refractivity contribution < 1.29 is 28.8 Å². The predicted octanol–water partition coefficient (Wildman–Crippen LogP) is 2.93. The molecule has 7 heteroatoms. The molecular weight excluding hydrogens is 386 g/mol. The van der Waals surface area contributed by atoms with Gasteiger partial charge >= 0.3 is 0 Å². The highest BCUT2D eigenvalue weighted by molar-refractivity contribution is 5.91. The van der Waals surface area contributed by atoms with Crippen LogP contribution < -0.4 is 9.47 Å².